The van der Waals surface area contributed by atoms with Crippen LogP contribution in [0.15, 0.2) is 78.9 Å². The van der Waals surface area contributed by atoms with Crippen LogP contribution in [0.2, 0.25) is 0 Å². The molecule has 3 aromatic carbocycles. The van der Waals surface area contributed by atoms with Gasteiger partial charge < -0.3 is 25.0 Å². The predicted molar refractivity (Wildman–Crippen MR) is 168 cm³/mol. The number of hydrogen-bond donors (Lipinski definition) is 3. The van der Waals surface area contributed by atoms with Crippen LogP contribution in [0.25, 0.3) is 6.08 Å². The van der Waals surface area contributed by atoms with Crippen LogP contribution in [0.1, 0.15) is 67.2 Å². The largest absolute Gasteiger partial charge is 0.491 e. The van der Waals surface area contributed by atoms with Gasteiger partial charge in [0.1, 0.15) is 18.0 Å². The lowest BCUT2D eigenvalue weighted by Gasteiger charge is -2.38. The quantitative estimate of drug-likeness (QED) is 0.301. The molecule has 43 heavy (non-hydrogen) atoms. The van der Waals surface area contributed by atoms with Crippen LogP contribution in [-0.2, 0) is 20.5 Å². The molecule has 3 aromatic rings. The molecule has 0 bridgehead atoms. The number of Topliss-reactive ketones (excluding diaryl/α,β-unsaturated/α-hetero) is 2. The minimum atomic E-state index is -1.37. The third-order valence-electron chi connectivity index (χ3n) is 8.02. The number of carbonyl (C=O) groups is 2. The first-order chi connectivity index (χ1) is 20.4. The van der Waals surface area contributed by atoms with Gasteiger partial charge in [-0.05, 0) is 67.3 Å². The molecule has 1 fully saturated rings. The van der Waals surface area contributed by atoms with Gasteiger partial charge in [0.25, 0.3) is 0 Å². The minimum Gasteiger partial charge on any atom is -0.491 e. The molecule has 7 heteroatoms. The van der Waals surface area contributed by atoms with Crippen LogP contribution in [0, 0.1) is 5.92 Å². The number of carbonyl (C=O) groups excluding carboxylic acids is 2. The van der Waals surface area contributed by atoms with Crippen LogP contribution in [0.4, 0.5) is 0 Å². The standard InChI is InChI=1S/C24H27NO2.C12H16O4/c1-17(2)22(26)24(16-25-14-15-27-24)20-10-8-19(9-11-20)23(3)13-12-18-6-4-5-7-21(18)23;1-12(2,15)11(14)9-3-5-10(6-4-9)16-8-7-13/h4-13,17,25H,14-16H2,1-3H3;3-6,13,15H,7-8H2,1-2H3. The molecule has 7 nitrogen and oxygen atoms in total. The SMILES string of the molecule is CC(C)(O)C(=O)c1ccc(OCCO)cc1.CC(C)C(=O)C1(c2ccc(C3(C)C=Cc4ccccc43)cc2)CNCCO1. The number of aliphatic hydroxyl groups is 2. The molecule has 1 aliphatic carbocycles. The van der Waals surface area contributed by atoms with Crippen molar-refractivity contribution >= 4 is 17.6 Å². The Bertz CT molecular complexity index is 1430. The number of benzene rings is 3. The number of hydrogen-bond acceptors (Lipinski definition) is 7. The van der Waals surface area contributed by atoms with E-state index in [0.717, 1.165) is 12.1 Å². The Labute approximate surface area is 254 Å². The maximum Gasteiger partial charge on any atom is 0.193 e. The zero-order valence-electron chi connectivity index (χ0n) is 25.7. The molecular formula is C36H43NO6. The van der Waals surface area contributed by atoms with Crippen molar-refractivity contribution < 1.29 is 29.3 Å². The monoisotopic (exact) mass is 585 g/mol. The van der Waals surface area contributed by atoms with Gasteiger partial charge in [-0.2, -0.15) is 0 Å². The van der Waals surface area contributed by atoms with E-state index in [2.05, 4.69) is 72.9 Å². The Morgan fingerprint density at radius 2 is 1.65 bits per heavy atom. The fraction of sp³-hybridized carbons (Fsp3) is 0.389. The van der Waals surface area contributed by atoms with Crippen LogP contribution >= 0.6 is 0 Å². The second-order valence-corrected chi connectivity index (χ2v) is 12.1. The molecule has 228 valence electrons. The molecule has 5 rings (SSSR count). The lowest BCUT2D eigenvalue weighted by Crippen LogP contribution is -2.53. The molecule has 0 spiro atoms. The van der Waals surface area contributed by atoms with E-state index in [9.17, 15) is 14.7 Å². The molecule has 0 aromatic heterocycles. The predicted octanol–water partition coefficient (Wildman–Crippen LogP) is 5.07. The molecule has 0 amide bonds. The van der Waals surface area contributed by atoms with Crippen molar-refractivity contribution in [2.45, 2.75) is 51.2 Å². The van der Waals surface area contributed by atoms with Crippen molar-refractivity contribution in [2.24, 2.45) is 5.92 Å². The summed E-state index contributed by atoms with van der Waals surface area (Å²) in [4.78, 5) is 24.7. The first-order valence-corrected chi connectivity index (χ1v) is 14.8. The molecular weight excluding hydrogens is 542 g/mol. The number of ketones is 2. The number of allylic oxidation sites excluding steroid dienone is 1. The molecule has 0 radical (unpaired) electrons. The van der Waals surface area contributed by atoms with Gasteiger partial charge in [0.05, 0.1) is 13.2 Å². The second-order valence-electron chi connectivity index (χ2n) is 12.1. The second kappa shape index (κ2) is 13.3. The van der Waals surface area contributed by atoms with E-state index in [-0.39, 0.29) is 36.1 Å². The van der Waals surface area contributed by atoms with E-state index in [4.69, 9.17) is 14.6 Å². The highest BCUT2D eigenvalue weighted by Gasteiger charge is 2.44. The molecule has 0 saturated carbocycles. The number of rotatable bonds is 9. The Morgan fingerprint density at radius 1 is 1.00 bits per heavy atom. The summed E-state index contributed by atoms with van der Waals surface area (Å²) < 4.78 is 11.2. The summed E-state index contributed by atoms with van der Waals surface area (Å²) >= 11 is 0. The number of fused-ring (bicyclic) bond motifs is 1. The van der Waals surface area contributed by atoms with Gasteiger partial charge in [0.15, 0.2) is 17.2 Å². The maximum absolute atomic E-state index is 13.0. The topological polar surface area (TPSA) is 105 Å². The molecule has 3 N–H and O–H groups in total. The van der Waals surface area contributed by atoms with Crippen LogP contribution in [0.5, 0.6) is 5.75 Å². The van der Waals surface area contributed by atoms with Crippen LogP contribution in [-0.4, -0.2) is 60.3 Å². The number of ether oxygens (including phenoxy) is 2. The highest BCUT2D eigenvalue weighted by atomic mass is 16.5. The summed E-state index contributed by atoms with van der Waals surface area (Å²) in [7, 11) is 0. The Hall–Kier alpha value is -3.62. The third-order valence-corrected chi connectivity index (χ3v) is 8.02. The summed E-state index contributed by atoms with van der Waals surface area (Å²) in [5, 5.41) is 21.4. The van der Waals surface area contributed by atoms with E-state index in [0.29, 0.717) is 24.5 Å². The third kappa shape index (κ3) is 6.97. The van der Waals surface area contributed by atoms with Gasteiger partial charge in [-0.25, -0.2) is 0 Å². The van der Waals surface area contributed by atoms with Crippen molar-refractivity contribution in [3.05, 3.63) is 107 Å². The highest BCUT2D eigenvalue weighted by molar-refractivity contribution is 6.01. The summed E-state index contributed by atoms with van der Waals surface area (Å²) in [6.45, 7) is 11.1. The number of nitrogens with one attached hydrogen (secondary N) is 1. The minimum absolute atomic E-state index is 0.0512. The first kappa shape index (κ1) is 32.3. The van der Waals surface area contributed by atoms with Crippen molar-refractivity contribution in [3.63, 3.8) is 0 Å². The van der Waals surface area contributed by atoms with E-state index >= 15 is 0 Å². The van der Waals surface area contributed by atoms with Crippen molar-refractivity contribution in [2.75, 3.05) is 32.9 Å². The Kier molecular flexibility index (Phi) is 10.0. The van der Waals surface area contributed by atoms with Gasteiger partial charge in [-0.3, -0.25) is 9.59 Å². The number of aliphatic hydroxyl groups excluding tert-OH is 1. The molecule has 2 atom stereocenters. The van der Waals surface area contributed by atoms with Crippen molar-refractivity contribution in [1.82, 2.24) is 5.32 Å². The Balaban J connectivity index is 0.000000227. The Morgan fingerprint density at radius 3 is 2.23 bits per heavy atom. The molecule has 1 heterocycles. The van der Waals surface area contributed by atoms with Crippen molar-refractivity contribution in [3.8, 4) is 5.75 Å². The fourth-order valence-corrected chi connectivity index (χ4v) is 5.58. The summed E-state index contributed by atoms with van der Waals surface area (Å²) in [5.41, 5.74) is 2.80. The lowest BCUT2D eigenvalue weighted by atomic mass is 9.76. The summed E-state index contributed by atoms with van der Waals surface area (Å²) in [6, 6.07) is 23.4. The maximum atomic E-state index is 13.0. The van der Waals surface area contributed by atoms with Gasteiger partial charge >= 0.3 is 0 Å². The highest BCUT2D eigenvalue weighted by Crippen LogP contribution is 2.42. The molecule has 2 aliphatic rings. The molecule has 1 saturated heterocycles. The average molecular weight is 586 g/mol. The summed E-state index contributed by atoms with van der Waals surface area (Å²) in [6.07, 6.45) is 4.46. The van der Waals surface area contributed by atoms with E-state index in [1.54, 1.807) is 24.3 Å². The molecule has 2 unspecified atom stereocenters. The zero-order valence-corrected chi connectivity index (χ0v) is 25.7. The van der Waals surface area contributed by atoms with Crippen molar-refractivity contribution in [1.29, 1.82) is 0 Å². The van der Waals surface area contributed by atoms with E-state index < -0.39 is 11.2 Å². The van der Waals surface area contributed by atoms with Gasteiger partial charge in [0.2, 0.25) is 0 Å². The lowest BCUT2D eigenvalue weighted by molar-refractivity contribution is -0.153. The van der Waals surface area contributed by atoms with E-state index in [1.807, 2.05) is 13.8 Å². The fourth-order valence-electron chi connectivity index (χ4n) is 5.58. The smallest absolute Gasteiger partial charge is 0.193 e. The van der Waals surface area contributed by atoms with Crippen LogP contribution < -0.4 is 10.1 Å². The van der Waals surface area contributed by atoms with E-state index in [1.165, 1.54) is 30.5 Å². The zero-order chi connectivity index (χ0) is 31.3. The van der Waals surface area contributed by atoms with Crippen LogP contribution in [0.3, 0.4) is 0 Å². The summed E-state index contributed by atoms with van der Waals surface area (Å²) in [5.74, 6) is 0.314. The van der Waals surface area contributed by atoms with Gasteiger partial charge in [-0.15, -0.1) is 0 Å². The molecule has 1 aliphatic heterocycles. The normalized spacial score (nSPS) is 21.1. The number of morpholine rings is 1. The first-order valence-electron chi connectivity index (χ1n) is 14.8. The van der Waals surface area contributed by atoms with Gasteiger partial charge in [0, 0.05) is 30.0 Å². The van der Waals surface area contributed by atoms with Gasteiger partial charge in [-0.1, -0.05) is 74.5 Å². The average Bonchev–Trinajstić information content (AvgIpc) is 3.37.